The maximum Gasteiger partial charge on any atom is 0.223 e. The number of amides is 1. The zero-order valence-corrected chi connectivity index (χ0v) is 17.6. The molecule has 0 radical (unpaired) electrons. The second kappa shape index (κ2) is 8.33. The van der Waals surface area contributed by atoms with Gasteiger partial charge in [0.15, 0.2) is 5.65 Å². The van der Waals surface area contributed by atoms with Gasteiger partial charge in [0.2, 0.25) is 11.9 Å². The second-order valence-corrected chi connectivity index (χ2v) is 7.81. The van der Waals surface area contributed by atoms with Gasteiger partial charge < -0.3 is 10.2 Å². The van der Waals surface area contributed by atoms with E-state index in [9.17, 15) is 9.18 Å². The van der Waals surface area contributed by atoms with Gasteiger partial charge in [-0.1, -0.05) is 0 Å². The first-order valence-electron chi connectivity index (χ1n) is 10.5. The summed E-state index contributed by atoms with van der Waals surface area (Å²) in [6.07, 6.45) is 8.60. The lowest BCUT2D eigenvalue weighted by Gasteiger charge is -2.31. The summed E-state index contributed by atoms with van der Waals surface area (Å²) in [5.41, 5.74) is 3.63. The smallest absolute Gasteiger partial charge is 0.223 e. The Morgan fingerprint density at radius 2 is 1.88 bits per heavy atom. The van der Waals surface area contributed by atoms with Crippen LogP contribution >= 0.6 is 0 Å². The van der Waals surface area contributed by atoms with Crippen LogP contribution in [0.4, 0.5) is 10.3 Å². The highest BCUT2D eigenvalue weighted by molar-refractivity contribution is 5.80. The van der Waals surface area contributed by atoms with E-state index in [0.29, 0.717) is 23.0 Å². The molecule has 0 saturated carbocycles. The van der Waals surface area contributed by atoms with Crippen molar-refractivity contribution in [2.75, 3.05) is 18.4 Å². The van der Waals surface area contributed by atoms with Gasteiger partial charge in [-0.3, -0.25) is 14.2 Å². The molecule has 0 bridgehead atoms. The Kier molecular flexibility index (Phi) is 5.22. The number of nitrogens with one attached hydrogen (secondary N) is 1. The van der Waals surface area contributed by atoms with E-state index in [0.717, 1.165) is 37.2 Å². The third-order valence-electron chi connectivity index (χ3n) is 5.72. The number of nitrogens with zero attached hydrogens (tertiary/aromatic N) is 6. The van der Waals surface area contributed by atoms with Gasteiger partial charge in [-0.15, -0.1) is 0 Å². The van der Waals surface area contributed by atoms with Crippen LogP contribution < -0.4 is 5.32 Å². The van der Waals surface area contributed by atoms with Crippen molar-refractivity contribution in [1.29, 1.82) is 0 Å². The van der Waals surface area contributed by atoms with Crippen molar-refractivity contribution in [2.45, 2.75) is 25.8 Å². The quantitative estimate of drug-likeness (QED) is 0.533. The molecule has 1 aromatic carbocycles. The Hall–Kier alpha value is -3.88. The van der Waals surface area contributed by atoms with Crippen LogP contribution in [0, 0.1) is 5.82 Å². The molecule has 4 heterocycles. The number of halogens is 1. The summed E-state index contributed by atoms with van der Waals surface area (Å²) < 4.78 is 15.4. The standard InChI is InChI=1S/C23H22FN7O/c1-15(32)30-11-7-18(8-12-30)27-23-26-9-6-19(28-23)22-21(16-2-4-17(24)5-3-16)29-20-14-25-10-13-31(20)22/h2-6,9-10,13-14,18H,7-8,11-12H2,1H3,(H,26,27,28). The van der Waals surface area contributed by atoms with Crippen LogP contribution in [0.5, 0.6) is 0 Å². The highest BCUT2D eigenvalue weighted by atomic mass is 19.1. The molecule has 1 aliphatic rings. The molecule has 9 heteroatoms. The molecule has 0 atom stereocenters. The summed E-state index contributed by atoms with van der Waals surface area (Å²) in [5, 5.41) is 3.41. The van der Waals surface area contributed by atoms with Crippen molar-refractivity contribution < 1.29 is 9.18 Å². The molecule has 3 aromatic heterocycles. The van der Waals surface area contributed by atoms with Crippen molar-refractivity contribution in [2.24, 2.45) is 0 Å². The van der Waals surface area contributed by atoms with Crippen LogP contribution in [0.25, 0.3) is 28.3 Å². The van der Waals surface area contributed by atoms with Crippen LogP contribution in [-0.4, -0.2) is 54.3 Å². The van der Waals surface area contributed by atoms with Gasteiger partial charge in [0.05, 0.1) is 23.3 Å². The summed E-state index contributed by atoms with van der Waals surface area (Å²) in [4.78, 5) is 31.5. The first-order valence-corrected chi connectivity index (χ1v) is 10.5. The lowest BCUT2D eigenvalue weighted by molar-refractivity contribution is -0.129. The number of carbonyl (C=O) groups is 1. The van der Waals surface area contributed by atoms with Gasteiger partial charge in [0, 0.05) is 50.2 Å². The lowest BCUT2D eigenvalue weighted by Crippen LogP contribution is -2.41. The van der Waals surface area contributed by atoms with E-state index in [4.69, 9.17) is 9.97 Å². The van der Waals surface area contributed by atoms with E-state index >= 15 is 0 Å². The minimum atomic E-state index is -0.301. The van der Waals surface area contributed by atoms with Gasteiger partial charge >= 0.3 is 0 Å². The third-order valence-corrected chi connectivity index (χ3v) is 5.72. The molecule has 32 heavy (non-hydrogen) atoms. The highest BCUT2D eigenvalue weighted by Gasteiger charge is 2.22. The van der Waals surface area contributed by atoms with E-state index in [1.54, 1.807) is 37.6 Å². The van der Waals surface area contributed by atoms with Crippen molar-refractivity contribution in [3.63, 3.8) is 0 Å². The predicted molar refractivity (Wildman–Crippen MR) is 118 cm³/mol. The summed E-state index contributed by atoms with van der Waals surface area (Å²) in [5.74, 6) is 0.333. The average molecular weight is 431 g/mol. The van der Waals surface area contributed by atoms with Crippen molar-refractivity contribution >= 4 is 17.5 Å². The fourth-order valence-corrected chi connectivity index (χ4v) is 4.04. The molecule has 8 nitrogen and oxygen atoms in total. The number of carbonyl (C=O) groups excluding carboxylic acids is 1. The van der Waals surface area contributed by atoms with E-state index in [1.807, 2.05) is 21.6 Å². The number of anilines is 1. The van der Waals surface area contributed by atoms with Gasteiger partial charge in [-0.2, -0.15) is 0 Å². The van der Waals surface area contributed by atoms with Crippen LogP contribution in [0.1, 0.15) is 19.8 Å². The van der Waals surface area contributed by atoms with Crippen molar-refractivity contribution in [3.8, 4) is 22.6 Å². The summed E-state index contributed by atoms with van der Waals surface area (Å²) in [6, 6.07) is 8.28. The minimum absolute atomic E-state index is 0.108. The molecule has 1 amide bonds. The second-order valence-electron chi connectivity index (χ2n) is 7.81. The Bertz CT molecular complexity index is 1260. The minimum Gasteiger partial charge on any atom is -0.351 e. The number of likely N-dealkylation sites (tertiary alicyclic amines) is 1. The predicted octanol–water partition coefficient (Wildman–Crippen LogP) is 3.42. The van der Waals surface area contributed by atoms with E-state index in [2.05, 4.69) is 15.3 Å². The SMILES string of the molecule is CC(=O)N1CCC(Nc2nccc(-c3c(-c4ccc(F)cc4)nc4cnccn34)n2)CC1. The fraction of sp³-hybridized carbons (Fsp3) is 0.261. The molecule has 162 valence electrons. The number of piperidine rings is 1. The van der Waals surface area contributed by atoms with E-state index in [1.165, 1.54) is 12.1 Å². The third kappa shape index (κ3) is 3.89. The van der Waals surface area contributed by atoms with Crippen molar-refractivity contribution in [3.05, 3.63) is 60.9 Å². The lowest BCUT2D eigenvalue weighted by atomic mass is 10.1. The molecule has 4 aromatic rings. The molecule has 1 aliphatic heterocycles. The largest absolute Gasteiger partial charge is 0.351 e. The Morgan fingerprint density at radius 1 is 1.09 bits per heavy atom. The zero-order valence-electron chi connectivity index (χ0n) is 17.6. The number of imidazole rings is 1. The first-order chi connectivity index (χ1) is 15.6. The van der Waals surface area contributed by atoms with Crippen LogP contribution in [-0.2, 0) is 4.79 Å². The van der Waals surface area contributed by atoms with Crippen LogP contribution in [0.2, 0.25) is 0 Å². The molecule has 1 saturated heterocycles. The van der Waals surface area contributed by atoms with E-state index < -0.39 is 0 Å². The maximum atomic E-state index is 13.5. The molecule has 1 N–H and O–H groups in total. The fourth-order valence-electron chi connectivity index (χ4n) is 4.04. The zero-order chi connectivity index (χ0) is 22.1. The maximum absolute atomic E-state index is 13.5. The molecule has 1 fully saturated rings. The number of fused-ring (bicyclic) bond motifs is 1. The molecular formula is C23H22FN7O. The highest BCUT2D eigenvalue weighted by Crippen LogP contribution is 2.32. The van der Waals surface area contributed by atoms with Gasteiger partial charge in [0.25, 0.3) is 0 Å². The molecule has 0 aliphatic carbocycles. The number of hydrogen-bond acceptors (Lipinski definition) is 6. The van der Waals surface area contributed by atoms with Gasteiger partial charge in [-0.05, 0) is 43.2 Å². The summed E-state index contributed by atoms with van der Waals surface area (Å²) in [6.45, 7) is 3.05. The van der Waals surface area contributed by atoms with Crippen LogP contribution in [0.3, 0.4) is 0 Å². The summed E-state index contributed by atoms with van der Waals surface area (Å²) >= 11 is 0. The van der Waals surface area contributed by atoms with Crippen LogP contribution in [0.15, 0.2) is 55.1 Å². The molecule has 0 spiro atoms. The number of rotatable bonds is 4. The summed E-state index contributed by atoms with van der Waals surface area (Å²) in [7, 11) is 0. The Balaban J connectivity index is 1.49. The number of benzene rings is 1. The Morgan fingerprint density at radius 3 is 2.62 bits per heavy atom. The normalized spacial score (nSPS) is 14.6. The topological polar surface area (TPSA) is 88.3 Å². The Labute approximate surface area is 184 Å². The molecule has 5 rings (SSSR count). The molecular weight excluding hydrogens is 409 g/mol. The number of hydrogen-bond donors (Lipinski definition) is 1. The van der Waals surface area contributed by atoms with Gasteiger partial charge in [0.1, 0.15) is 5.82 Å². The van der Waals surface area contributed by atoms with Crippen molar-refractivity contribution in [1.82, 2.24) is 29.2 Å². The monoisotopic (exact) mass is 431 g/mol. The average Bonchev–Trinajstić information content (AvgIpc) is 3.20. The van der Waals surface area contributed by atoms with Gasteiger partial charge in [-0.25, -0.2) is 19.3 Å². The number of aromatic nitrogens is 5. The first kappa shape index (κ1) is 20.0. The van der Waals surface area contributed by atoms with E-state index in [-0.39, 0.29) is 17.8 Å². The molecule has 0 unspecified atom stereocenters.